The molecular formula is C17H23NO. The summed E-state index contributed by atoms with van der Waals surface area (Å²) in [6.07, 6.45) is 0.454. The second kappa shape index (κ2) is 6.02. The van der Waals surface area contributed by atoms with Crippen molar-refractivity contribution in [1.29, 1.82) is 5.26 Å². The van der Waals surface area contributed by atoms with E-state index >= 15 is 0 Å². The minimum absolute atomic E-state index is 0.0236. The fourth-order valence-electron chi connectivity index (χ4n) is 1.91. The second-order valence-corrected chi connectivity index (χ2v) is 6.41. The lowest BCUT2D eigenvalue weighted by Crippen LogP contribution is -2.23. The molecule has 0 spiro atoms. The van der Waals surface area contributed by atoms with Crippen molar-refractivity contribution in [2.45, 2.75) is 47.0 Å². The Morgan fingerprint density at radius 1 is 1.37 bits per heavy atom. The Kier molecular flexibility index (Phi) is 4.89. The average Bonchev–Trinajstić information content (AvgIpc) is 2.28. The van der Waals surface area contributed by atoms with E-state index in [0.717, 1.165) is 11.1 Å². The molecule has 1 rings (SSSR count). The van der Waals surface area contributed by atoms with Gasteiger partial charge in [-0.25, -0.2) is 0 Å². The molecule has 19 heavy (non-hydrogen) atoms. The molecule has 2 unspecified atom stereocenters. The van der Waals surface area contributed by atoms with Crippen molar-refractivity contribution in [2.75, 3.05) is 0 Å². The molecule has 0 N–H and O–H groups in total. The van der Waals surface area contributed by atoms with Crippen molar-refractivity contribution in [3.05, 3.63) is 35.4 Å². The number of carbonyl (C=O) groups excluding carboxylic acids is 1. The lowest BCUT2D eigenvalue weighted by molar-refractivity contribution is -0.120. The van der Waals surface area contributed by atoms with Gasteiger partial charge in [0, 0.05) is 6.42 Å². The SMILES string of the molecule is Cc1cccc(C(C#N)C(=O)CC(C)C(C)(C)C)c1. The normalized spacial score (nSPS) is 14.5. The van der Waals surface area contributed by atoms with Gasteiger partial charge in [0.25, 0.3) is 0 Å². The van der Waals surface area contributed by atoms with E-state index in [2.05, 4.69) is 33.8 Å². The summed E-state index contributed by atoms with van der Waals surface area (Å²) in [5, 5.41) is 9.29. The molecular weight excluding hydrogens is 234 g/mol. The van der Waals surface area contributed by atoms with Gasteiger partial charge in [0.1, 0.15) is 5.92 Å². The first-order valence-electron chi connectivity index (χ1n) is 6.74. The van der Waals surface area contributed by atoms with Gasteiger partial charge >= 0.3 is 0 Å². The van der Waals surface area contributed by atoms with Crippen LogP contribution in [0.2, 0.25) is 0 Å². The molecule has 0 aliphatic rings. The lowest BCUT2D eigenvalue weighted by Gasteiger charge is -2.27. The number of benzene rings is 1. The summed E-state index contributed by atoms with van der Waals surface area (Å²) in [4.78, 5) is 12.3. The summed E-state index contributed by atoms with van der Waals surface area (Å²) in [5.41, 5.74) is 1.98. The number of Topliss-reactive ketones (excluding diaryl/α,β-unsaturated/α-hetero) is 1. The molecule has 0 aromatic heterocycles. The largest absolute Gasteiger partial charge is 0.298 e. The number of rotatable bonds is 4. The highest BCUT2D eigenvalue weighted by Crippen LogP contribution is 2.30. The molecule has 0 saturated carbocycles. The van der Waals surface area contributed by atoms with Crippen LogP contribution in [-0.4, -0.2) is 5.78 Å². The molecule has 0 aliphatic carbocycles. The van der Waals surface area contributed by atoms with Crippen LogP contribution in [0.3, 0.4) is 0 Å². The van der Waals surface area contributed by atoms with Crippen LogP contribution in [0.5, 0.6) is 0 Å². The third-order valence-electron chi connectivity index (χ3n) is 3.81. The Morgan fingerprint density at radius 2 is 2.00 bits per heavy atom. The molecule has 0 aliphatic heterocycles. The smallest absolute Gasteiger partial charge is 0.154 e. The maximum Gasteiger partial charge on any atom is 0.154 e. The number of carbonyl (C=O) groups is 1. The summed E-state index contributed by atoms with van der Waals surface area (Å²) in [7, 11) is 0. The number of hydrogen-bond donors (Lipinski definition) is 0. The monoisotopic (exact) mass is 257 g/mol. The summed E-state index contributed by atoms with van der Waals surface area (Å²) >= 11 is 0. The molecule has 0 saturated heterocycles. The third-order valence-corrected chi connectivity index (χ3v) is 3.81. The molecule has 0 heterocycles. The van der Waals surface area contributed by atoms with Gasteiger partial charge in [0.2, 0.25) is 0 Å². The van der Waals surface area contributed by atoms with Gasteiger partial charge in [-0.05, 0) is 23.8 Å². The zero-order valence-corrected chi connectivity index (χ0v) is 12.5. The highest BCUT2D eigenvalue weighted by atomic mass is 16.1. The molecule has 1 aromatic carbocycles. The highest BCUT2D eigenvalue weighted by Gasteiger charge is 2.27. The Hall–Kier alpha value is -1.62. The van der Waals surface area contributed by atoms with Crippen LogP contribution in [0.1, 0.15) is 51.2 Å². The van der Waals surface area contributed by atoms with Crippen molar-refractivity contribution >= 4 is 5.78 Å². The van der Waals surface area contributed by atoms with Gasteiger partial charge in [-0.15, -0.1) is 0 Å². The molecule has 0 fully saturated rings. The van der Waals surface area contributed by atoms with E-state index in [1.807, 2.05) is 31.2 Å². The third kappa shape index (κ3) is 4.21. The molecule has 1 aromatic rings. The number of nitrogens with zero attached hydrogens (tertiary/aromatic N) is 1. The first kappa shape index (κ1) is 15.4. The molecule has 0 radical (unpaired) electrons. The van der Waals surface area contributed by atoms with Gasteiger partial charge in [-0.3, -0.25) is 4.79 Å². The molecule has 0 amide bonds. The first-order chi connectivity index (χ1) is 8.75. The van der Waals surface area contributed by atoms with Gasteiger partial charge in [-0.2, -0.15) is 5.26 Å². The summed E-state index contributed by atoms with van der Waals surface area (Å²) in [5.74, 6) is -0.346. The summed E-state index contributed by atoms with van der Waals surface area (Å²) < 4.78 is 0. The molecule has 102 valence electrons. The van der Waals surface area contributed by atoms with Crippen LogP contribution in [0.25, 0.3) is 0 Å². The fourth-order valence-corrected chi connectivity index (χ4v) is 1.91. The maximum absolute atomic E-state index is 12.3. The predicted molar refractivity (Wildman–Crippen MR) is 77.8 cm³/mol. The molecule has 2 atom stereocenters. The van der Waals surface area contributed by atoms with Crippen molar-refractivity contribution in [3.8, 4) is 6.07 Å². The van der Waals surface area contributed by atoms with Gasteiger partial charge in [-0.1, -0.05) is 57.5 Å². The topological polar surface area (TPSA) is 40.9 Å². The maximum atomic E-state index is 12.3. The minimum atomic E-state index is -0.635. The van der Waals surface area contributed by atoms with E-state index < -0.39 is 5.92 Å². The van der Waals surface area contributed by atoms with Crippen molar-refractivity contribution in [3.63, 3.8) is 0 Å². The standard InChI is InChI=1S/C17H23NO/c1-12-7-6-8-14(9-12)15(11-18)16(19)10-13(2)17(3,4)5/h6-9,13,15H,10H2,1-5H3. The summed E-state index contributed by atoms with van der Waals surface area (Å²) in [6.45, 7) is 10.4. The Morgan fingerprint density at radius 3 is 2.47 bits per heavy atom. The van der Waals surface area contributed by atoms with Crippen LogP contribution in [-0.2, 0) is 4.79 Å². The lowest BCUT2D eigenvalue weighted by atomic mass is 9.77. The molecule has 0 bridgehead atoms. The van der Waals surface area contributed by atoms with Gasteiger partial charge in [0.15, 0.2) is 5.78 Å². The Bertz CT molecular complexity index is 491. The van der Waals surface area contributed by atoms with E-state index in [4.69, 9.17) is 0 Å². The Balaban J connectivity index is 2.88. The van der Waals surface area contributed by atoms with Crippen molar-refractivity contribution < 1.29 is 4.79 Å². The second-order valence-electron chi connectivity index (χ2n) is 6.41. The van der Waals surface area contributed by atoms with E-state index in [1.54, 1.807) is 0 Å². The predicted octanol–water partition coefficient (Wildman–Crippen LogP) is 4.24. The highest BCUT2D eigenvalue weighted by molar-refractivity contribution is 5.88. The van der Waals surface area contributed by atoms with Crippen molar-refractivity contribution in [2.24, 2.45) is 11.3 Å². The number of nitriles is 1. The molecule has 2 heteroatoms. The van der Waals surface area contributed by atoms with Crippen LogP contribution < -0.4 is 0 Å². The average molecular weight is 257 g/mol. The van der Waals surface area contributed by atoms with Crippen LogP contribution in [0, 0.1) is 29.6 Å². The molecule has 2 nitrogen and oxygen atoms in total. The zero-order valence-electron chi connectivity index (χ0n) is 12.5. The van der Waals surface area contributed by atoms with E-state index in [1.165, 1.54) is 0 Å². The summed E-state index contributed by atoms with van der Waals surface area (Å²) in [6, 6.07) is 9.81. The zero-order chi connectivity index (χ0) is 14.6. The first-order valence-corrected chi connectivity index (χ1v) is 6.74. The Labute approximate surface area is 116 Å². The van der Waals surface area contributed by atoms with Crippen LogP contribution in [0.15, 0.2) is 24.3 Å². The number of hydrogen-bond acceptors (Lipinski definition) is 2. The van der Waals surface area contributed by atoms with E-state index in [-0.39, 0.29) is 17.1 Å². The van der Waals surface area contributed by atoms with E-state index in [0.29, 0.717) is 6.42 Å². The van der Waals surface area contributed by atoms with Gasteiger partial charge < -0.3 is 0 Å². The minimum Gasteiger partial charge on any atom is -0.298 e. The quantitative estimate of drug-likeness (QED) is 0.809. The van der Waals surface area contributed by atoms with E-state index in [9.17, 15) is 10.1 Å². The van der Waals surface area contributed by atoms with Crippen LogP contribution in [0.4, 0.5) is 0 Å². The fraction of sp³-hybridized carbons (Fsp3) is 0.529. The van der Waals surface area contributed by atoms with Crippen LogP contribution >= 0.6 is 0 Å². The number of ketones is 1. The van der Waals surface area contributed by atoms with Crippen molar-refractivity contribution in [1.82, 2.24) is 0 Å². The van der Waals surface area contributed by atoms with Gasteiger partial charge in [0.05, 0.1) is 6.07 Å². The number of aryl methyl sites for hydroxylation is 1.